The van der Waals surface area contributed by atoms with Crippen molar-refractivity contribution in [1.82, 2.24) is 10.9 Å². The van der Waals surface area contributed by atoms with Crippen molar-refractivity contribution in [2.75, 3.05) is 6.61 Å². The second-order valence-corrected chi connectivity index (χ2v) is 5.81. The van der Waals surface area contributed by atoms with Gasteiger partial charge < -0.3 is 4.74 Å². The third kappa shape index (κ3) is 5.98. The first-order valence-corrected chi connectivity index (χ1v) is 8.21. The molecule has 2 amide bonds. The van der Waals surface area contributed by atoms with Gasteiger partial charge in [0.2, 0.25) is 0 Å². The Hall–Kier alpha value is -3.10. The maximum absolute atomic E-state index is 11.7. The maximum Gasteiger partial charge on any atom is 0.310 e. The monoisotopic (exact) mass is 409 g/mol. The number of benzene rings is 2. The van der Waals surface area contributed by atoms with Crippen LogP contribution in [-0.2, 0) is 9.59 Å². The summed E-state index contributed by atoms with van der Waals surface area (Å²) in [4.78, 5) is 33.6. The van der Waals surface area contributed by atoms with Crippen molar-refractivity contribution in [3.05, 3.63) is 74.3 Å². The molecule has 0 aliphatic carbocycles. The number of nitro benzene ring substituents is 1. The van der Waals surface area contributed by atoms with Crippen molar-refractivity contribution in [1.29, 1.82) is 0 Å². The molecule has 0 aromatic heterocycles. The number of nitro groups is 1. The Morgan fingerprint density at radius 1 is 1.11 bits per heavy atom. The van der Waals surface area contributed by atoms with Crippen LogP contribution in [0.25, 0.3) is 6.08 Å². The number of amides is 2. The molecule has 0 fully saturated rings. The summed E-state index contributed by atoms with van der Waals surface area (Å²) in [6.07, 6.45) is 2.58. The van der Waals surface area contributed by atoms with E-state index in [1.807, 2.05) is 0 Å². The Kier molecular flexibility index (Phi) is 7.16. The van der Waals surface area contributed by atoms with Gasteiger partial charge in [0.15, 0.2) is 12.4 Å². The van der Waals surface area contributed by atoms with E-state index in [4.69, 9.17) is 27.9 Å². The Labute approximate surface area is 163 Å². The van der Waals surface area contributed by atoms with Crippen LogP contribution in [0.2, 0.25) is 10.0 Å². The van der Waals surface area contributed by atoms with E-state index in [1.165, 1.54) is 30.3 Å². The van der Waals surface area contributed by atoms with Crippen molar-refractivity contribution in [2.45, 2.75) is 0 Å². The lowest BCUT2D eigenvalue weighted by atomic mass is 10.2. The molecule has 0 saturated carbocycles. The van der Waals surface area contributed by atoms with E-state index in [-0.39, 0.29) is 11.4 Å². The molecule has 0 saturated heterocycles. The van der Waals surface area contributed by atoms with Crippen molar-refractivity contribution in [3.63, 3.8) is 0 Å². The van der Waals surface area contributed by atoms with E-state index in [1.54, 1.807) is 18.2 Å². The van der Waals surface area contributed by atoms with Crippen molar-refractivity contribution in [3.8, 4) is 5.75 Å². The zero-order valence-corrected chi connectivity index (χ0v) is 15.2. The minimum atomic E-state index is -0.698. The van der Waals surface area contributed by atoms with E-state index in [2.05, 4.69) is 10.9 Å². The van der Waals surface area contributed by atoms with Crippen LogP contribution in [-0.4, -0.2) is 23.3 Å². The molecule has 0 spiro atoms. The highest BCUT2D eigenvalue weighted by molar-refractivity contribution is 6.42. The van der Waals surface area contributed by atoms with E-state index in [0.29, 0.717) is 15.6 Å². The molecule has 8 nitrogen and oxygen atoms in total. The van der Waals surface area contributed by atoms with E-state index < -0.39 is 23.3 Å². The van der Waals surface area contributed by atoms with Crippen LogP contribution in [0.1, 0.15) is 5.56 Å². The predicted octanol–water partition coefficient (Wildman–Crippen LogP) is 3.14. The van der Waals surface area contributed by atoms with Crippen molar-refractivity contribution >= 4 is 46.8 Å². The lowest BCUT2D eigenvalue weighted by molar-refractivity contribution is -0.385. The molecule has 0 radical (unpaired) electrons. The summed E-state index contributed by atoms with van der Waals surface area (Å²) in [5.74, 6) is -1.37. The molecule has 0 heterocycles. The van der Waals surface area contributed by atoms with Crippen LogP contribution in [0, 0.1) is 10.1 Å². The van der Waals surface area contributed by atoms with Gasteiger partial charge in [0.25, 0.3) is 11.8 Å². The molecular formula is C17H13Cl2N3O5. The number of halogens is 2. The highest BCUT2D eigenvalue weighted by Crippen LogP contribution is 2.26. The summed E-state index contributed by atoms with van der Waals surface area (Å²) < 4.78 is 5.10. The first kappa shape index (κ1) is 20.2. The number of nitrogens with one attached hydrogen (secondary N) is 2. The SMILES string of the molecule is O=C(/C=C/c1cccc(Cl)c1Cl)NNC(=O)COc1ccccc1[N+](=O)[O-]. The molecular weight excluding hydrogens is 397 g/mol. The molecule has 0 aliphatic rings. The summed E-state index contributed by atoms with van der Waals surface area (Å²) in [5, 5.41) is 11.5. The number of carbonyl (C=O) groups excluding carboxylic acids is 2. The summed E-state index contributed by atoms with van der Waals surface area (Å²) >= 11 is 11.9. The molecule has 2 aromatic rings. The number of hydrogen-bond donors (Lipinski definition) is 2. The van der Waals surface area contributed by atoms with Gasteiger partial charge in [0.05, 0.1) is 15.0 Å². The Morgan fingerprint density at radius 3 is 2.59 bits per heavy atom. The highest BCUT2D eigenvalue weighted by Gasteiger charge is 2.15. The third-order valence-electron chi connectivity index (χ3n) is 3.14. The van der Waals surface area contributed by atoms with Crippen LogP contribution in [0.3, 0.4) is 0 Å². The minimum Gasteiger partial charge on any atom is -0.477 e. The normalized spacial score (nSPS) is 10.4. The van der Waals surface area contributed by atoms with Gasteiger partial charge in [0, 0.05) is 12.1 Å². The van der Waals surface area contributed by atoms with E-state index in [9.17, 15) is 19.7 Å². The number of ether oxygens (including phenoxy) is 1. The Bertz CT molecular complexity index is 902. The molecule has 10 heteroatoms. The summed E-state index contributed by atoms with van der Waals surface area (Å²) in [7, 11) is 0. The molecule has 0 atom stereocenters. The fourth-order valence-corrected chi connectivity index (χ4v) is 2.27. The molecule has 0 bridgehead atoms. The van der Waals surface area contributed by atoms with Gasteiger partial charge in [-0.3, -0.25) is 30.6 Å². The van der Waals surface area contributed by atoms with Gasteiger partial charge in [-0.2, -0.15) is 0 Å². The van der Waals surface area contributed by atoms with Gasteiger partial charge in [-0.25, -0.2) is 0 Å². The van der Waals surface area contributed by atoms with E-state index in [0.717, 1.165) is 6.08 Å². The van der Waals surface area contributed by atoms with Crippen molar-refractivity contribution < 1.29 is 19.2 Å². The molecule has 0 aliphatic heterocycles. The zero-order valence-electron chi connectivity index (χ0n) is 13.6. The van der Waals surface area contributed by atoms with Crippen molar-refractivity contribution in [2.24, 2.45) is 0 Å². The van der Waals surface area contributed by atoms with Crippen LogP contribution in [0.5, 0.6) is 5.75 Å². The van der Waals surface area contributed by atoms with Crippen LogP contribution in [0.15, 0.2) is 48.5 Å². The first-order valence-electron chi connectivity index (χ1n) is 7.45. The molecule has 27 heavy (non-hydrogen) atoms. The van der Waals surface area contributed by atoms with Gasteiger partial charge in [-0.05, 0) is 23.8 Å². The number of carbonyl (C=O) groups is 2. The fourth-order valence-electron chi connectivity index (χ4n) is 1.90. The lowest BCUT2D eigenvalue weighted by Crippen LogP contribution is -2.43. The van der Waals surface area contributed by atoms with Gasteiger partial charge in [0.1, 0.15) is 0 Å². The number of hydrazine groups is 1. The largest absolute Gasteiger partial charge is 0.477 e. The average molecular weight is 410 g/mol. The van der Waals surface area contributed by atoms with Gasteiger partial charge in [-0.1, -0.05) is 47.5 Å². The predicted molar refractivity (Wildman–Crippen MR) is 100 cm³/mol. The number of para-hydroxylation sites is 2. The molecule has 2 aromatic carbocycles. The van der Waals surface area contributed by atoms with Crippen LogP contribution < -0.4 is 15.6 Å². The molecule has 140 valence electrons. The van der Waals surface area contributed by atoms with Gasteiger partial charge in [-0.15, -0.1) is 0 Å². The Balaban J connectivity index is 1.83. The average Bonchev–Trinajstić information content (AvgIpc) is 2.66. The maximum atomic E-state index is 11.7. The standard InChI is InChI=1S/C17H13Cl2N3O5/c18-12-5-3-4-11(17(12)19)8-9-15(23)20-21-16(24)10-27-14-7-2-1-6-13(14)22(25)26/h1-9H,10H2,(H,20,23)(H,21,24)/b9-8+. The molecule has 0 unspecified atom stereocenters. The van der Waals surface area contributed by atoms with E-state index >= 15 is 0 Å². The van der Waals surface area contributed by atoms with Gasteiger partial charge >= 0.3 is 5.69 Å². The molecule has 2 rings (SSSR count). The smallest absolute Gasteiger partial charge is 0.310 e. The lowest BCUT2D eigenvalue weighted by Gasteiger charge is -2.08. The molecule has 2 N–H and O–H groups in total. The van der Waals surface area contributed by atoms with Crippen LogP contribution >= 0.6 is 23.2 Å². The summed E-state index contributed by atoms with van der Waals surface area (Å²) in [6.45, 7) is -0.519. The van der Waals surface area contributed by atoms with Crippen LogP contribution in [0.4, 0.5) is 5.69 Å². The first-order chi connectivity index (χ1) is 12.9. The number of hydrogen-bond acceptors (Lipinski definition) is 5. The highest BCUT2D eigenvalue weighted by atomic mass is 35.5. The Morgan fingerprint density at radius 2 is 1.85 bits per heavy atom. The second kappa shape index (κ2) is 9.56. The fraction of sp³-hybridized carbons (Fsp3) is 0.0588. The third-order valence-corrected chi connectivity index (χ3v) is 3.98. The topological polar surface area (TPSA) is 111 Å². The zero-order chi connectivity index (χ0) is 19.8. The summed E-state index contributed by atoms with van der Waals surface area (Å²) in [6, 6.07) is 10.6. The number of nitrogens with zero attached hydrogens (tertiary/aromatic N) is 1. The minimum absolute atomic E-state index is 0.0560. The quantitative estimate of drug-likeness (QED) is 0.432. The summed E-state index contributed by atoms with van der Waals surface area (Å²) in [5.41, 5.74) is 4.53. The number of rotatable bonds is 6. The second-order valence-electron chi connectivity index (χ2n) is 5.03.